The zero-order valence-electron chi connectivity index (χ0n) is 8.08. The Morgan fingerprint density at radius 2 is 2.07 bits per heavy atom. The van der Waals surface area contributed by atoms with Gasteiger partial charge in [0.25, 0.3) is 0 Å². The van der Waals surface area contributed by atoms with Crippen LogP contribution in [0, 0.1) is 29.6 Å². The third-order valence-electron chi connectivity index (χ3n) is 1.80. The third-order valence-corrected chi connectivity index (χ3v) is 2.65. The van der Waals surface area contributed by atoms with Gasteiger partial charge in [-0.2, -0.15) is 10.5 Å². The maximum atomic E-state index is 8.51. The number of nitrogens with zero attached hydrogens (tertiary/aromatic N) is 2. The molecule has 0 aliphatic carbocycles. The first-order valence-electron chi connectivity index (χ1n) is 4.20. The molecular formula is C11H8BrN3. The largest absolute Gasteiger partial charge is 0.360 e. The molecule has 0 radical (unpaired) electrons. The molecule has 3 nitrogen and oxygen atoms in total. The number of nitrogens with one attached hydrogen (secondary N) is 1. The number of aryl methyl sites for hydroxylation is 1. The number of hydrogen-bond acceptors (Lipinski definition) is 3. The molecule has 15 heavy (non-hydrogen) atoms. The minimum atomic E-state index is 0.0479. The molecule has 0 amide bonds. The number of halogens is 1. The van der Waals surface area contributed by atoms with Crippen LogP contribution in [0.4, 0.5) is 5.69 Å². The van der Waals surface area contributed by atoms with E-state index in [-0.39, 0.29) is 5.57 Å². The second-order valence-corrected chi connectivity index (χ2v) is 3.74. The molecule has 1 N–H and O–H groups in total. The highest BCUT2D eigenvalue weighted by Crippen LogP contribution is 2.20. The van der Waals surface area contributed by atoms with Crippen molar-refractivity contribution in [1.29, 1.82) is 10.5 Å². The predicted molar refractivity (Wildman–Crippen MR) is 61.8 cm³/mol. The van der Waals surface area contributed by atoms with Crippen LogP contribution in [-0.2, 0) is 0 Å². The molecule has 0 atom stereocenters. The summed E-state index contributed by atoms with van der Waals surface area (Å²) in [6.07, 6.45) is 1.39. The van der Waals surface area contributed by atoms with Gasteiger partial charge in [0, 0.05) is 16.4 Å². The van der Waals surface area contributed by atoms with E-state index in [4.69, 9.17) is 10.5 Å². The number of rotatable bonds is 2. The minimum absolute atomic E-state index is 0.0479. The smallest absolute Gasteiger partial charge is 0.145 e. The summed E-state index contributed by atoms with van der Waals surface area (Å²) in [5.74, 6) is 0. The molecule has 0 aliphatic rings. The maximum Gasteiger partial charge on any atom is 0.145 e. The molecule has 74 valence electrons. The van der Waals surface area contributed by atoms with Crippen molar-refractivity contribution in [3.63, 3.8) is 0 Å². The van der Waals surface area contributed by atoms with Crippen LogP contribution in [0.2, 0.25) is 0 Å². The summed E-state index contributed by atoms with van der Waals surface area (Å²) in [6, 6.07) is 9.26. The lowest BCUT2D eigenvalue weighted by atomic mass is 10.2. The van der Waals surface area contributed by atoms with Crippen molar-refractivity contribution in [2.24, 2.45) is 0 Å². The van der Waals surface area contributed by atoms with Gasteiger partial charge >= 0.3 is 0 Å². The van der Waals surface area contributed by atoms with Crippen LogP contribution in [0.15, 0.2) is 34.4 Å². The summed E-state index contributed by atoms with van der Waals surface area (Å²) >= 11 is 3.40. The number of hydrogen-bond donors (Lipinski definition) is 1. The predicted octanol–water partition coefficient (Wildman–Crippen LogP) is 3.10. The molecule has 1 aromatic rings. The van der Waals surface area contributed by atoms with Gasteiger partial charge in [0.2, 0.25) is 0 Å². The van der Waals surface area contributed by atoms with E-state index in [9.17, 15) is 0 Å². The van der Waals surface area contributed by atoms with Gasteiger partial charge in [-0.05, 0) is 24.6 Å². The Kier molecular flexibility index (Phi) is 3.91. The number of benzene rings is 1. The van der Waals surface area contributed by atoms with Crippen LogP contribution in [0.5, 0.6) is 0 Å². The summed E-state index contributed by atoms with van der Waals surface area (Å²) in [5.41, 5.74) is 2.01. The Hall–Kier alpha value is -1.78. The highest BCUT2D eigenvalue weighted by molar-refractivity contribution is 9.10. The van der Waals surface area contributed by atoms with Gasteiger partial charge in [-0.15, -0.1) is 0 Å². The van der Waals surface area contributed by atoms with Crippen molar-refractivity contribution < 1.29 is 0 Å². The lowest BCUT2D eigenvalue weighted by Crippen LogP contribution is -1.90. The maximum absolute atomic E-state index is 8.51. The van der Waals surface area contributed by atoms with E-state index >= 15 is 0 Å². The third kappa shape index (κ3) is 3.12. The Bertz CT molecular complexity index is 462. The van der Waals surface area contributed by atoms with Gasteiger partial charge in [0.1, 0.15) is 17.7 Å². The van der Waals surface area contributed by atoms with E-state index in [1.807, 2.05) is 25.1 Å². The zero-order valence-corrected chi connectivity index (χ0v) is 9.67. The highest BCUT2D eigenvalue weighted by atomic mass is 79.9. The molecule has 0 spiro atoms. The fourth-order valence-corrected chi connectivity index (χ4v) is 1.31. The molecule has 0 aromatic heterocycles. The van der Waals surface area contributed by atoms with E-state index in [1.165, 1.54) is 6.20 Å². The molecule has 4 heteroatoms. The van der Waals surface area contributed by atoms with Gasteiger partial charge in [-0.1, -0.05) is 22.0 Å². The van der Waals surface area contributed by atoms with Crippen molar-refractivity contribution >= 4 is 21.6 Å². The summed E-state index contributed by atoms with van der Waals surface area (Å²) in [7, 11) is 0. The van der Waals surface area contributed by atoms with Gasteiger partial charge in [0.05, 0.1) is 0 Å². The molecule has 1 rings (SSSR count). The van der Waals surface area contributed by atoms with E-state index in [1.54, 1.807) is 12.1 Å². The Morgan fingerprint density at radius 1 is 1.40 bits per heavy atom. The monoisotopic (exact) mass is 261 g/mol. The Balaban J connectivity index is 2.84. The second kappa shape index (κ2) is 5.19. The minimum Gasteiger partial charge on any atom is -0.360 e. The lowest BCUT2D eigenvalue weighted by Gasteiger charge is -2.03. The number of allylic oxidation sites excluding steroid dienone is 1. The fraction of sp³-hybridized carbons (Fsp3) is 0.0909. The molecule has 1 aromatic carbocycles. The van der Waals surface area contributed by atoms with E-state index < -0.39 is 0 Å². The van der Waals surface area contributed by atoms with Crippen LogP contribution in [0.25, 0.3) is 0 Å². The topological polar surface area (TPSA) is 59.6 Å². The van der Waals surface area contributed by atoms with Crippen LogP contribution in [0.3, 0.4) is 0 Å². The second-order valence-electron chi connectivity index (χ2n) is 2.89. The summed E-state index contributed by atoms with van der Waals surface area (Å²) < 4.78 is 0.983. The first-order chi connectivity index (χ1) is 7.17. The van der Waals surface area contributed by atoms with Crippen molar-refractivity contribution in [2.45, 2.75) is 6.92 Å². The van der Waals surface area contributed by atoms with E-state index in [2.05, 4.69) is 21.2 Å². The Labute approximate surface area is 96.8 Å². The molecule has 0 fully saturated rings. The van der Waals surface area contributed by atoms with Crippen molar-refractivity contribution in [3.8, 4) is 12.1 Å². The summed E-state index contributed by atoms with van der Waals surface area (Å²) in [4.78, 5) is 0. The van der Waals surface area contributed by atoms with Gasteiger partial charge < -0.3 is 5.32 Å². The van der Waals surface area contributed by atoms with Crippen LogP contribution in [0.1, 0.15) is 5.56 Å². The summed E-state index contributed by atoms with van der Waals surface area (Å²) in [6.45, 7) is 1.99. The first-order valence-corrected chi connectivity index (χ1v) is 4.99. The molecule has 0 aliphatic heterocycles. The van der Waals surface area contributed by atoms with Crippen molar-refractivity contribution in [1.82, 2.24) is 0 Å². The van der Waals surface area contributed by atoms with Gasteiger partial charge in [-0.25, -0.2) is 0 Å². The average Bonchev–Trinajstić information content (AvgIpc) is 2.24. The fourth-order valence-electron chi connectivity index (χ4n) is 0.928. The van der Waals surface area contributed by atoms with Gasteiger partial charge in [0.15, 0.2) is 0 Å². The average molecular weight is 262 g/mol. The first kappa shape index (κ1) is 11.3. The molecule has 0 saturated heterocycles. The lowest BCUT2D eigenvalue weighted by molar-refractivity contribution is 1.41. The zero-order chi connectivity index (χ0) is 11.3. The van der Waals surface area contributed by atoms with Crippen molar-refractivity contribution in [3.05, 3.63) is 40.0 Å². The quantitative estimate of drug-likeness (QED) is 0.833. The SMILES string of the molecule is Cc1ccc(NC=C(C#N)C#N)cc1Br. The van der Waals surface area contributed by atoms with Crippen molar-refractivity contribution in [2.75, 3.05) is 5.32 Å². The van der Waals surface area contributed by atoms with Crippen LogP contribution < -0.4 is 5.32 Å². The molecule has 0 heterocycles. The van der Waals surface area contributed by atoms with Crippen LogP contribution in [-0.4, -0.2) is 0 Å². The number of nitriles is 2. The molecule has 0 bridgehead atoms. The van der Waals surface area contributed by atoms with E-state index in [0.29, 0.717) is 0 Å². The van der Waals surface area contributed by atoms with E-state index in [0.717, 1.165) is 15.7 Å². The normalized spacial score (nSPS) is 8.53. The Morgan fingerprint density at radius 3 is 2.60 bits per heavy atom. The van der Waals surface area contributed by atoms with Gasteiger partial charge in [-0.3, -0.25) is 0 Å². The number of anilines is 1. The molecule has 0 unspecified atom stereocenters. The van der Waals surface area contributed by atoms with Crippen LogP contribution >= 0.6 is 15.9 Å². The standard InChI is InChI=1S/C11H8BrN3/c1-8-2-3-10(4-11(8)12)15-7-9(5-13)6-14/h2-4,7,15H,1H3. The molecular weight excluding hydrogens is 254 g/mol. The molecule has 0 saturated carbocycles. The summed E-state index contributed by atoms with van der Waals surface area (Å²) in [5, 5.41) is 19.9. The highest BCUT2D eigenvalue weighted by Gasteiger charge is 1.96.